The van der Waals surface area contributed by atoms with E-state index in [4.69, 9.17) is 38.0 Å². The predicted molar refractivity (Wildman–Crippen MR) is 135 cm³/mol. The summed E-state index contributed by atoms with van der Waals surface area (Å²) in [4.78, 5) is 15.1. The lowest BCUT2D eigenvalue weighted by Crippen LogP contribution is -2.35. The number of nitrogens with zero attached hydrogens (tertiary/aromatic N) is 1. The van der Waals surface area contributed by atoms with Crippen molar-refractivity contribution in [1.29, 1.82) is 0 Å². The maximum Gasteiger partial charge on any atom is 0.266 e. The van der Waals surface area contributed by atoms with Crippen LogP contribution in [-0.2, 0) is 16.1 Å². The summed E-state index contributed by atoms with van der Waals surface area (Å²) in [5.41, 5.74) is 1.76. The molecule has 0 N–H and O–H groups in total. The van der Waals surface area contributed by atoms with Gasteiger partial charge in [0.05, 0.1) is 29.1 Å². The van der Waals surface area contributed by atoms with Crippen LogP contribution >= 0.6 is 51.5 Å². The molecule has 0 saturated carbocycles. The highest BCUT2D eigenvalue weighted by Gasteiger charge is 2.34. The second kappa shape index (κ2) is 10.6. The van der Waals surface area contributed by atoms with Gasteiger partial charge in [-0.1, -0.05) is 47.7 Å². The first-order valence-electron chi connectivity index (χ1n) is 10.1. The Bertz CT molecular complexity index is 1070. The summed E-state index contributed by atoms with van der Waals surface area (Å²) >= 11 is 16.4. The Balaban J connectivity index is 1.51. The number of hydrogen-bond acceptors (Lipinski definition) is 6. The summed E-state index contributed by atoms with van der Waals surface area (Å²) in [6.07, 6.45) is 3.86. The summed E-state index contributed by atoms with van der Waals surface area (Å²) < 4.78 is 18.5. The number of ether oxygens (including phenoxy) is 3. The molecule has 2 heterocycles. The lowest BCUT2D eigenvalue weighted by atomic mass is 10.1. The normalized spacial score (nSPS) is 19.8. The van der Waals surface area contributed by atoms with E-state index in [1.54, 1.807) is 12.0 Å². The molecule has 0 aliphatic carbocycles. The van der Waals surface area contributed by atoms with Crippen LogP contribution in [0.25, 0.3) is 6.08 Å². The predicted octanol–water partition coefficient (Wildman–Crippen LogP) is 6.07. The minimum absolute atomic E-state index is 0.0574. The molecule has 1 atom stereocenters. The van der Waals surface area contributed by atoms with Crippen LogP contribution in [0.3, 0.4) is 0 Å². The number of amides is 1. The summed E-state index contributed by atoms with van der Waals surface area (Å²) in [6, 6.07) is 11.2. The lowest BCUT2D eigenvalue weighted by Gasteiger charge is -2.18. The van der Waals surface area contributed by atoms with Crippen molar-refractivity contribution < 1.29 is 19.0 Å². The van der Waals surface area contributed by atoms with Crippen LogP contribution in [0.15, 0.2) is 45.8 Å². The highest BCUT2D eigenvalue weighted by atomic mass is 79.9. The molecule has 2 aromatic carbocycles. The van der Waals surface area contributed by atoms with E-state index in [0.717, 1.165) is 35.0 Å². The number of carbonyl (C=O) groups excluding carboxylic acids is 1. The Labute approximate surface area is 210 Å². The molecule has 9 heteroatoms. The number of benzene rings is 2. The quantitative estimate of drug-likeness (QED) is 0.306. The van der Waals surface area contributed by atoms with Crippen molar-refractivity contribution in [3.63, 3.8) is 0 Å². The minimum Gasteiger partial charge on any atom is -0.493 e. The van der Waals surface area contributed by atoms with Crippen LogP contribution in [0.1, 0.15) is 24.0 Å². The fourth-order valence-electron chi connectivity index (χ4n) is 3.55. The molecule has 2 aromatic rings. The van der Waals surface area contributed by atoms with Crippen LogP contribution in [0.2, 0.25) is 5.02 Å². The summed E-state index contributed by atoms with van der Waals surface area (Å²) in [5.74, 6) is 1.05. The van der Waals surface area contributed by atoms with E-state index in [0.29, 0.717) is 38.9 Å². The van der Waals surface area contributed by atoms with Gasteiger partial charge in [0.15, 0.2) is 11.5 Å². The van der Waals surface area contributed by atoms with E-state index in [-0.39, 0.29) is 12.0 Å². The molecule has 2 saturated heterocycles. The maximum absolute atomic E-state index is 12.9. The Morgan fingerprint density at radius 2 is 2.22 bits per heavy atom. The van der Waals surface area contributed by atoms with E-state index >= 15 is 0 Å². The SMILES string of the molecule is COc1cc(/C=C2\SC(=S)N(C[C@@H]3CCCO3)C2=O)cc(Br)c1OCc1cccc(Cl)c1. The lowest BCUT2D eigenvalue weighted by molar-refractivity contribution is -0.123. The van der Waals surface area contributed by atoms with Gasteiger partial charge in [-0.3, -0.25) is 9.69 Å². The first-order chi connectivity index (χ1) is 15.4. The molecule has 2 fully saturated rings. The van der Waals surface area contributed by atoms with E-state index in [1.165, 1.54) is 11.8 Å². The van der Waals surface area contributed by atoms with Crippen LogP contribution in [-0.4, -0.2) is 41.5 Å². The van der Waals surface area contributed by atoms with Crippen molar-refractivity contribution in [2.75, 3.05) is 20.3 Å². The highest BCUT2D eigenvalue weighted by Crippen LogP contribution is 2.39. The molecular weight excluding hydrogens is 534 g/mol. The molecule has 2 aliphatic rings. The molecule has 4 rings (SSSR count). The minimum atomic E-state index is -0.0909. The Morgan fingerprint density at radius 1 is 1.38 bits per heavy atom. The van der Waals surface area contributed by atoms with Gasteiger partial charge >= 0.3 is 0 Å². The van der Waals surface area contributed by atoms with Crippen molar-refractivity contribution >= 4 is 67.8 Å². The number of rotatable bonds is 7. The van der Waals surface area contributed by atoms with E-state index < -0.39 is 0 Å². The third-order valence-corrected chi connectivity index (χ3v) is 7.31. The zero-order valence-corrected chi connectivity index (χ0v) is 21.3. The van der Waals surface area contributed by atoms with Gasteiger partial charge in [-0.15, -0.1) is 0 Å². The average molecular weight is 555 g/mol. The van der Waals surface area contributed by atoms with Crippen LogP contribution in [0.4, 0.5) is 0 Å². The largest absolute Gasteiger partial charge is 0.493 e. The molecule has 32 heavy (non-hydrogen) atoms. The van der Waals surface area contributed by atoms with Crippen molar-refractivity contribution in [2.45, 2.75) is 25.6 Å². The molecule has 0 spiro atoms. The summed E-state index contributed by atoms with van der Waals surface area (Å²) in [6.45, 7) is 1.59. The van der Waals surface area contributed by atoms with E-state index in [1.807, 2.05) is 42.5 Å². The van der Waals surface area contributed by atoms with Gasteiger partial charge in [-0.2, -0.15) is 0 Å². The molecule has 0 bridgehead atoms. The first-order valence-corrected chi connectivity index (χ1v) is 12.5. The molecule has 5 nitrogen and oxygen atoms in total. The van der Waals surface area contributed by atoms with Gasteiger partial charge in [0, 0.05) is 11.6 Å². The van der Waals surface area contributed by atoms with E-state index in [9.17, 15) is 4.79 Å². The van der Waals surface area contributed by atoms with Gasteiger partial charge < -0.3 is 14.2 Å². The fraction of sp³-hybridized carbons (Fsp3) is 0.304. The maximum atomic E-state index is 12.9. The molecule has 1 amide bonds. The molecule has 2 aliphatic heterocycles. The van der Waals surface area contributed by atoms with Crippen molar-refractivity contribution in [3.05, 3.63) is 61.9 Å². The standard InChI is InChI=1S/C23H21BrClNO4S2/c1-28-19-10-15(9-18(24)21(19)30-13-14-4-2-5-16(25)8-14)11-20-22(27)26(23(31)32-20)12-17-6-3-7-29-17/h2,4-5,8-11,17H,3,6-7,12-13H2,1H3/b20-11-/t17-/m0/s1. The Kier molecular flexibility index (Phi) is 7.78. The Hall–Kier alpha value is -1.58. The number of halogens is 2. The zero-order chi connectivity index (χ0) is 22.7. The van der Waals surface area contributed by atoms with Gasteiger partial charge in [0.1, 0.15) is 10.9 Å². The molecule has 0 aromatic heterocycles. The number of carbonyl (C=O) groups is 1. The van der Waals surface area contributed by atoms with Gasteiger partial charge in [-0.05, 0) is 70.2 Å². The van der Waals surface area contributed by atoms with Crippen LogP contribution in [0.5, 0.6) is 11.5 Å². The monoisotopic (exact) mass is 553 g/mol. The molecular formula is C23H21BrClNO4S2. The molecule has 0 unspecified atom stereocenters. The van der Waals surface area contributed by atoms with Gasteiger partial charge in [0.25, 0.3) is 5.91 Å². The topological polar surface area (TPSA) is 48.0 Å². The smallest absolute Gasteiger partial charge is 0.266 e. The van der Waals surface area contributed by atoms with Crippen molar-refractivity contribution in [3.8, 4) is 11.5 Å². The van der Waals surface area contributed by atoms with Crippen LogP contribution < -0.4 is 9.47 Å². The third kappa shape index (κ3) is 5.48. The van der Waals surface area contributed by atoms with Crippen LogP contribution in [0, 0.1) is 0 Å². The summed E-state index contributed by atoms with van der Waals surface area (Å²) in [5, 5.41) is 0.657. The number of hydrogen-bond donors (Lipinski definition) is 0. The van der Waals surface area contributed by atoms with Crippen molar-refractivity contribution in [1.82, 2.24) is 4.90 Å². The number of methoxy groups -OCH3 is 1. The molecule has 168 valence electrons. The summed E-state index contributed by atoms with van der Waals surface area (Å²) in [7, 11) is 1.58. The Morgan fingerprint density at radius 3 is 2.94 bits per heavy atom. The third-order valence-electron chi connectivity index (χ3n) is 5.11. The van der Waals surface area contributed by atoms with Gasteiger partial charge in [-0.25, -0.2) is 0 Å². The van der Waals surface area contributed by atoms with E-state index in [2.05, 4.69) is 15.9 Å². The number of thiocarbonyl (C=S) groups is 1. The van der Waals surface area contributed by atoms with Crippen molar-refractivity contribution in [2.24, 2.45) is 0 Å². The second-order valence-electron chi connectivity index (χ2n) is 7.38. The number of thioether (sulfide) groups is 1. The second-order valence-corrected chi connectivity index (χ2v) is 10.3. The fourth-order valence-corrected chi connectivity index (χ4v) is 5.61. The zero-order valence-electron chi connectivity index (χ0n) is 17.3. The first kappa shape index (κ1) is 23.6. The highest BCUT2D eigenvalue weighted by molar-refractivity contribution is 9.10. The molecule has 0 radical (unpaired) electrons. The average Bonchev–Trinajstić information content (AvgIpc) is 3.37. The van der Waals surface area contributed by atoms with Gasteiger partial charge in [0.2, 0.25) is 0 Å².